The summed E-state index contributed by atoms with van der Waals surface area (Å²) < 4.78 is 81.0. The van der Waals surface area contributed by atoms with E-state index in [1.165, 1.54) is 35.4 Å². The van der Waals surface area contributed by atoms with E-state index in [1.54, 1.807) is 95.3 Å². The number of hydrogen-bond donors (Lipinski definition) is 0. The van der Waals surface area contributed by atoms with Gasteiger partial charge in [0.25, 0.3) is 0 Å². The number of rotatable bonds is 4. The highest BCUT2D eigenvalue weighted by Gasteiger charge is 2.10. The van der Waals surface area contributed by atoms with E-state index in [-0.39, 0.29) is 34.9 Å². The average molecular weight is 837 g/mol. The molecular formula is C56H50F6. The molecule has 0 aliphatic rings. The molecule has 0 nitrogen and oxygen atoms in total. The standard InChI is InChI=1S/2C14H12F2.2C14H13F/c1-9-3-5-11(7-13(9)15)12-6-4-10(2)14(16)8-12;1-9-3-5-11(13(15)7-9)12-6-4-10(2)8-14(12)16;1-10-3-6-12(7-4-10)13-8-5-11(2)14(15)9-13;1-10-3-6-12(7-4-10)13-8-5-11(2)9-14(13)15/h2*3-8H,1-2H3;2*3-9H,1-2H3. The average Bonchev–Trinajstić information content (AvgIpc) is 3.23. The van der Waals surface area contributed by atoms with E-state index in [1.807, 2.05) is 93.6 Å². The Morgan fingerprint density at radius 3 is 0.774 bits per heavy atom. The summed E-state index contributed by atoms with van der Waals surface area (Å²) in [5.41, 5.74) is 12.5. The van der Waals surface area contributed by atoms with Crippen LogP contribution in [0.2, 0.25) is 0 Å². The van der Waals surface area contributed by atoms with Gasteiger partial charge in [0.2, 0.25) is 0 Å². The first-order valence-electron chi connectivity index (χ1n) is 20.2. The molecule has 0 aliphatic carbocycles. The second-order valence-electron chi connectivity index (χ2n) is 15.6. The lowest BCUT2D eigenvalue weighted by molar-refractivity contribution is 0.615. The Kier molecular flexibility index (Phi) is 15.9. The molecule has 8 aromatic carbocycles. The fourth-order valence-electron chi connectivity index (χ4n) is 6.33. The summed E-state index contributed by atoms with van der Waals surface area (Å²) in [6.07, 6.45) is 0. The van der Waals surface area contributed by atoms with E-state index in [4.69, 9.17) is 0 Å². The normalized spacial score (nSPS) is 10.4. The summed E-state index contributed by atoms with van der Waals surface area (Å²) >= 11 is 0. The Morgan fingerprint density at radius 2 is 0.468 bits per heavy atom. The molecule has 0 radical (unpaired) electrons. The van der Waals surface area contributed by atoms with Crippen molar-refractivity contribution in [2.45, 2.75) is 55.4 Å². The van der Waals surface area contributed by atoms with E-state index < -0.39 is 0 Å². The maximum Gasteiger partial charge on any atom is 0.131 e. The second kappa shape index (κ2) is 21.2. The van der Waals surface area contributed by atoms with Crippen molar-refractivity contribution in [1.29, 1.82) is 0 Å². The first-order chi connectivity index (χ1) is 29.5. The third kappa shape index (κ3) is 12.7. The summed E-state index contributed by atoms with van der Waals surface area (Å²) in [6.45, 7) is 14.7. The minimum absolute atomic E-state index is 0.145. The highest BCUT2D eigenvalue weighted by molar-refractivity contribution is 5.67. The largest absolute Gasteiger partial charge is 0.207 e. The van der Waals surface area contributed by atoms with Gasteiger partial charge >= 0.3 is 0 Å². The van der Waals surface area contributed by atoms with Crippen molar-refractivity contribution in [3.8, 4) is 44.5 Å². The Labute approximate surface area is 362 Å². The first-order valence-corrected chi connectivity index (χ1v) is 20.2. The van der Waals surface area contributed by atoms with Crippen LogP contribution in [0.15, 0.2) is 158 Å². The van der Waals surface area contributed by atoms with E-state index in [2.05, 4.69) is 0 Å². The van der Waals surface area contributed by atoms with Gasteiger partial charge in [0, 0.05) is 16.7 Å². The lowest BCUT2D eigenvalue weighted by Crippen LogP contribution is -1.90. The Morgan fingerprint density at radius 1 is 0.210 bits per heavy atom. The highest BCUT2D eigenvalue weighted by Crippen LogP contribution is 2.28. The Hall–Kier alpha value is -6.66. The lowest BCUT2D eigenvalue weighted by atomic mass is 10.0. The molecule has 0 bridgehead atoms. The van der Waals surface area contributed by atoms with Crippen molar-refractivity contribution in [3.05, 3.63) is 237 Å². The van der Waals surface area contributed by atoms with Crippen molar-refractivity contribution in [2.24, 2.45) is 0 Å². The molecule has 0 aliphatic heterocycles. The molecule has 8 rings (SSSR count). The summed E-state index contributed by atoms with van der Waals surface area (Å²) in [5, 5.41) is 0. The minimum atomic E-state index is -0.386. The zero-order chi connectivity index (χ0) is 45.1. The number of halogens is 6. The van der Waals surface area contributed by atoms with Gasteiger partial charge in [-0.15, -0.1) is 0 Å². The molecule has 0 aromatic heterocycles. The third-order valence-corrected chi connectivity index (χ3v) is 10.3. The molecule has 8 aromatic rings. The van der Waals surface area contributed by atoms with Crippen LogP contribution >= 0.6 is 0 Å². The molecule has 0 N–H and O–H groups in total. The number of benzene rings is 8. The monoisotopic (exact) mass is 836 g/mol. The van der Waals surface area contributed by atoms with Crippen molar-refractivity contribution in [3.63, 3.8) is 0 Å². The Bertz CT molecular complexity index is 2670. The molecule has 62 heavy (non-hydrogen) atoms. The van der Waals surface area contributed by atoms with E-state index in [9.17, 15) is 26.3 Å². The predicted octanol–water partition coefficient (Wildman–Crippen LogP) is 16.7. The summed E-state index contributed by atoms with van der Waals surface area (Å²) in [7, 11) is 0. The van der Waals surface area contributed by atoms with Gasteiger partial charge in [0.1, 0.15) is 34.9 Å². The maximum absolute atomic E-state index is 13.7. The van der Waals surface area contributed by atoms with Crippen LogP contribution in [0.25, 0.3) is 44.5 Å². The Balaban J connectivity index is 0.000000156. The minimum Gasteiger partial charge on any atom is -0.207 e. The molecular weight excluding hydrogens is 787 g/mol. The van der Waals surface area contributed by atoms with Crippen LogP contribution in [0.5, 0.6) is 0 Å². The number of hydrogen-bond acceptors (Lipinski definition) is 0. The SMILES string of the molecule is Cc1ccc(-c2ccc(C)c(F)c2)cc1.Cc1ccc(-c2ccc(C)c(F)c2)cc1F.Cc1ccc(-c2ccc(C)cc2F)c(F)c1.Cc1ccc(-c2ccc(C)cc2F)cc1. The molecule has 316 valence electrons. The van der Waals surface area contributed by atoms with Crippen LogP contribution < -0.4 is 0 Å². The van der Waals surface area contributed by atoms with Gasteiger partial charge in [-0.2, -0.15) is 0 Å². The van der Waals surface area contributed by atoms with Gasteiger partial charge in [0.05, 0.1) is 0 Å². The zero-order valence-corrected chi connectivity index (χ0v) is 36.3. The number of aryl methyl sites for hydroxylation is 8. The lowest BCUT2D eigenvalue weighted by Gasteiger charge is -2.06. The van der Waals surface area contributed by atoms with Crippen LogP contribution in [-0.4, -0.2) is 0 Å². The molecule has 0 unspecified atom stereocenters. The second-order valence-corrected chi connectivity index (χ2v) is 15.6. The zero-order valence-electron chi connectivity index (χ0n) is 36.3. The summed E-state index contributed by atoms with van der Waals surface area (Å²) in [4.78, 5) is 0. The van der Waals surface area contributed by atoms with Crippen LogP contribution in [0.1, 0.15) is 44.5 Å². The van der Waals surface area contributed by atoms with Crippen molar-refractivity contribution in [1.82, 2.24) is 0 Å². The van der Waals surface area contributed by atoms with Crippen LogP contribution in [-0.2, 0) is 0 Å². The molecule has 0 fully saturated rings. The van der Waals surface area contributed by atoms with Crippen molar-refractivity contribution < 1.29 is 26.3 Å². The first kappa shape index (κ1) is 46.4. The summed E-state index contributed by atoms with van der Waals surface area (Å²) in [6, 6.07) is 46.1. The van der Waals surface area contributed by atoms with Gasteiger partial charge in [-0.25, -0.2) is 26.3 Å². The van der Waals surface area contributed by atoms with Gasteiger partial charge < -0.3 is 0 Å². The van der Waals surface area contributed by atoms with Crippen LogP contribution in [0.3, 0.4) is 0 Å². The smallest absolute Gasteiger partial charge is 0.131 e. The predicted molar refractivity (Wildman–Crippen MR) is 245 cm³/mol. The molecule has 0 spiro atoms. The van der Waals surface area contributed by atoms with Gasteiger partial charge in [0.15, 0.2) is 0 Å². The molecule has 0 saturated carbocycles. The summed E-state index contributed by atoms with van der Waals surface area (Å²) in [5.74, 6) is -1.60. The third-order valence-electron chi connectivity index (χ3n) is 10.3. The topological polar surface area (TPSA) is 0 Å². The maximum atomic E-state index is 13.7. The molecule has 0 atom stereocenters. The fraction of sp³-hybridized carbons (Fsp3) is 0.143. The van der Waals surface area contributed by atoms with Crippen molar-refractivity contribution in [2.75, 3.05) is 0 Å². The van der Waals surface area contributed by atoms with E-state index >= 15 is 0 Å². The van der Waals surface area contributed by atoms with Gasteiger partial charge in [-0.1, -0.05) is 132 Å². The molecule has 0 saturated heterocycles. The van der Waals surface area contributed by atoms with Gasteiger partial charge in [-0.05, 0) is 153 Å². The quantitative estimate of drug-likeness (QED) is 0.155. The van der Waals surface area contributed by atoms with E-state index in [0.29, 0.717) is 44.5 Å². The van der Waals surface area contributed by atoms with Crippen molar-refractivity contribution >= 4 is 0 Å². The molecule has 6 heteroatoms. The van der Waals surface area contributed by atoms with Crippen LogP contribution in [0.4, 0.5) is 26.3 Å². The fourth-order valence-corrected chi connectivity index (χ4v) is 6.33. The van der Waals surface area contributed by atoms with E-state index in [0.717, 1.165) is 33.4 Å². The molecule has 0 heterocycles. The highest BCUT2D eigenvalue weighted by atomic mass is 19.1. The van der Waals surface area contributed by atoms with Gasteiger partial charge in [-0.3, -0.25) is 0 Å². The van der Waals surface area contributed by atoms with Crippen LogP contribution in [0, 0.1) is 90.3 Å². The molecule has 0 amide bonds.